The molecule has 96 valence electrons. The standard InChI is InChI=1S/C15H25NO/c1-3-5-6-9-12-17-15-11-8-7-10-14(15)13-16-4-2/h7-8,10-11,16H,3-6,9,12-13H2,1-2H3. The monoisotopic (exact) mass is 235 g/mol. The Morgan fingerprint density at radius 3 is 2.65 bits per heavy atom. The highest BCUT2D eigenvalue weighted by atomic mass is 16.5. The number of hydrogen-bond donors (Lipinski definition) is 1. The summed E-state index contributed by atoms with van der Waals surface area (Å²) in [6.07, 6.45) is 5.01. The number of unbranched alkanes of at least 4 members (excludes halogenated alkanes) is 3. The Balaban J connectivity index is 2.35. The van der Waals surface area contributed by atoms with Crippen molar-refractivity contribution in [3.63, 3.8) is 0 Å². The van der Waals surface area contributed by atoms with Crippen molar-refractivity contribution in [1.29, 1.82) is 0 Å². The van der Waals surface area contributed by atoms with Crippen molar-refractivity contribution < 1.29 is 4.74 Å². The van der Waals surface area contributed by atoms with E-state index in [0.29, 0.717) is 0 Å². The van der Waals surface area contributed by atoms with Crippen LogP contribution in [0.15, 0.2) is 24.3 Å². The molecular weight excluding hydrogens is 210 g/mol. The number of hydrogen-bond acceptors (Lipinski definition) is 2. The van der Waals surface area contributed by atoms with Gasteiger partial charge in [0.15, 0.2) is 0 Å². The van der Waals surface area contributed by atoms with E-state index in [4.69, 9.17) is 4.74 Å². The summed E-state index contributed by atoms with van der Waals surface area (Å²) in [6, 6.07) is 8.30. The lowest BCUT2D eigenvalue weighted by Gasteiger charge is -2.11. The molecule has 0 aliphatic rings. The predicted octanol–water partition coefficient (Wildman–Crippen LogP) is 3.76. The molecule has 2 nitrogen and oxygen atoms in total. The van der Waals surface area contributed by atoms with Crippen molar-refractivity contribution in [1.82, 2.24) is 5.32 Å². The number of nitrogens with one attached hydrogen (secondary N) is 1. The first-order valence-electron chi connectivity index (χ1n) is 6.80. The smallest absolute Gasteiger partial charge is 0.123 e. The van der Waals surface area contributed by atoms with Gasteiger partial charge in [0.1, 0.15) is 5.75 Å². The fourth-order valence-electron chi connectivity index (χ4n) is 1.76. The second-order valence-corrected chi connectivity index (χ2v) is 4.30. The second-order valence-electron chi connectivity index (χ2n) is 4.30. The van der Waals surface area contributed by atoms with E-state index in [1.807, 2.05) is 6.07 Å². The maximum Gasteiger partial charge on any atom is 0.123 e. The lowest BCUT2D eigenvalue weighted by molar-refractivity contribution is 0.301. The van der Waals surface area contributed by atoms with Crippen molar-refractivity contribution in [3.8, 4) is 5.75 Å². The van der Waals surface area contributed by atoms with Crippen molar-refractivity contribution in [2.24, 2.45) is 0 Å². The Morgan fingerprint density at radius 1 is 1.06 bits per heavy atom. The number of para-hydroxylation sites is 1. The van der Waals surface area contributed by atoms with Crippen LogP contribution in [0.4, 0.5) is 0 Å². The van der Waals surface area contributed by atoms with E-state index in [1.54, 1.807) is 0 Å². The number of ether oxygens (including phenoxy) is 1. The molecule has 0 amide bonds. The van der Waals surface area contributed by atoms with Crippen molar-refractivity contribution in [2.45, 2.75) is 46.1 Å². The summed E-state index contributed by atoms with van der Waals surface area (Å²) >= 11 is 0. The Labute approximate surface area is 105 Å². The van der Waals surface area contributed by atoms with Crippen LogP contribution in [0.25, 0.3) is 0 Å². The summed E-state index contributed by atoms with van der Waals surface area (Å²) in [5, 5.41) is 3.34. The molecule has 1 aromatic carbocycles. The third kappa shape index (κ3) is 5.73. The summed E-state index contributed by atoms with van der Waals surface area (Å²) in [7, 11) is 0. The highest BCUT2D eigenvalue weighted by molar-refractivity contribution is 5.33. The summed E-state index contributed by atoms with van der Waals surface area (Å²) in [4.78, 5) is 0. The van der Waals surface area contributed by atoms with E-state index < -0.39 is 0 Å². The van der Waals surface area contributed by atoms with Crippen LogP contribution in [0.5, 0.6) is 5.75 Å². The Bertz CT molecular complexity index is 299. The van der Waals surface area contributed by atoms with E-state index in [0.717, 1.165) is 31.9 Å². The normalized spacial score (nSPS) is 10.5. The average molecular weight is 235 g/mol. The first kappa shape index (κ1) is 14.0. The zero-order chi connectivity index (χ0) is 12.3. The van der Waals surface area contributed by atoms with Crippen LogP contribution in [0.1, 0.15) is 45.1 Å². The molecule has 0 heterocycles. The third-order valence-electron chi connectivity index (χ3n) is 2.79. The summed E-state index contributed by atoms with van der Waals surface area (Å²) in [5.74, 6) is 1.03. The molecule has 0 atom stereocenters. The number of rotatable bonds is 9. The predicted molar refractivity (Wildman–Crippen MR) is 73.5 cm³/mol. The lowest BCUT2D eigenvalue weighted by atomic mass is 10.2. The maximum atomic E-state index is 5.84. The molecule has 17 heavy (non-hydrogen) atoms. The fraction of sp³-hybridized carbons (Fsp3) is 0.600. The van der Waals surface area contributed by atoms with Gasteiger partial charge >= 0.3 is 0 Å². The van der Waals surface area contributed by atoms with Gasteiger partial charge in [0.2, 0.25) is 0 Å². The van der Waals surface area contributed by atoms with Gasteiger partial charge < -0.3 is 10.1 Å². The van der Waals surface area contributed by atoms with E-state index in [1.165, 1.54) is 24.8 Å². The maximum absolute atomic E-state index is 5.84. The summed E-state index contributed by atoms with van der Waals surface area (Å²) < 4.78 is 5.84. The van der Waals surface area contributed by atoms with Crippen molar-refractivity contribution in [2.75, 3.05) is 13.2 Å². The minimum Gasteiger partial charge on any atom is -0.493 e. The van der Waals surface area contributed by atoms with Gasteiger partial charge in [-0.05, 0) is 19.0 Å². The summed E-state index contributed by atoms with van der Waals surface area (Å²) in [5.41, 5.74) is 1.25. The van der Waals surface area contributed by atoms with Gasteiger partial charge in [-0.25, -0.2) is 0 Å². The summed E-state index contributed by atoms with van der Waals surface area (Å²) in [6.45, 7) is 7.07. The molecule has 0 aromatic heterocycles. The largest absolute Gasteiger partial charge is 0.493 e. The van der Waals surface area contributed by atoms with Gasteiger partial charge in [-0.1, -0.05) is 51.3 Å². The SMILES string of the molecule is CCCCCCOc1ccccc1CNCC. The molecule has 1 aromatic rings. The molecular formula is C15H25NO. The van der Waals surface area contributed by atoms with Crippen molar-refractivity contribution >= 4 is 0 Å². The molecule has 1 rings (SSSR count). The van der Waals surface area contributed by atoms with Crippen LogP contribution in [0.3, 0.4) is 0 Å². The molecule has 0 bridgehead atoms. The molecule has 0 aliphatic carbocycles. The molecule has 0 radical (unpaired) electrons. The van der Waals surface area contributed by atoms with Gasteiger partial charge in [-0.2, -0.15) is 0 Å². The quantitative estimate of drug-likeness (QED) is 0.658. The van der Waals surface area contributed by atoms with Gasteiger partial charge in [0, 0.05) is 12.1 Å². The molecule has 1 N–H and O–H groups in total. The van der Waals surface area contributed by atoms with Crippen LogP contribution in [-0.2, 0) is 6.54 Å². The Morgan fingerprint density at radius 2 is 1.88 bits per heavy atom. The molecule has 2 heteroatoms. The van der Waals surface area contributed by atoms with Crippen LogP contribution < -0.4 is 10.1 Å². The molecule has 0 unspecified atom stereocenters. The second kappa shape index (κ2) is 9.06. The Kier molecular flexibility index (Phi) is 7.48. The zero-order valence-electron chi connectivity index (χ0n) is 11.2. The van der Waals surface area contributed by atoms with Gasteiger partial charge in [-0.15, -0.1) is 0 Å². The van der Waals surface area contributed by atoms with Gasteiger partial charge in [-0.3, -0.25) is 0 Å². The van der Waals surface area contributed by atoms with E-state index in [9.17, 15) is 0 Å². The van der Waals surface area contributed by atoms with Gasteiger partial charge in [0.25, 0.3) is 0 Å². The molecule has 0 saturated carbocycles. The minimum absolute atomic E-state index is 0.836. The fourth-order valence-corrected chi connectivity index (χ4v) is 1.76. The first-order chi connectivity index (χ1) is 8.38. The van der Waals surface area contributed by atoms with E-state index in [-0.39, 0.29) is 0 Å². The van der Waals surface area contributed by atoms with Crippen LogP contribution in [0, 0.1) is 0 Å². The van der Waals surface area contributed by atoms with E-state index in [2.05, 4.69) is 37.4 Å². The van der Waals surface area contributed by atoms with Crippen molar-refractivity contribution in [3.05, 3.63) is 29.8 Å². The van der Waals surface area contributed by atoms with E-state index >= 15 is 0 Å². The van der Waals surface area contributed by atoms with Crippen LogP contribution in [-0.4, -0.2) is 13.2 Å². The molecule has 0 spiro atoms. The highest BCUT2D eigenvalue weighted by Crippen LogP contribution is 2.18. The number of benzene rings is 1. The molecule has 0 aliphatic heterocycles. The Hall–Kier alpha value is -1.02. The van der Waals surface area contributed by atoms with Crippen LogP contribution in [0.2, 0.25) is 0 Å². The van der Waals surface area contributed by atoms with Gasteiger partial charge in [0.05, 0.1) is 6.61 Å². The highest BCUT2D eigenvalue weighted by Gasteiger charge is 2.01. The minimum atomic E-state index is 0.836. The third-order valence-corrected chi connectivity index (χ3v) is 2.79. The first-order valence-corrected chi connectivity index (χ1v) is 6.80. The molecule has 0 saturated heterocycles. The lowest BCUT2D eigenvalue weighted by Crippen LogP contribution is -2.13. The average Bonchev–Trinajstić information content (AvgIpc) is 2.37. The zero-order valence-corrected chi connectivity index (χ0v) is 11.2. The molecule has 0 fully saturated rings. The van der Waals surface area contributed by atoms with Crippen LogP contribution >= 0.6 is 0 Å². The topological polar surface area (TPSA) is 21.3 Å².